The summed E-state index contributed by atoms with van der Waals surface area (Å²) in [4.78, 5) is 13.6. The molecule has 0 aromatic carbocycles. The highest BCUT2D eigenvalue weighted by Gasteiger charge is 2.00. The zero-order valence-electron chi connectivity index (χ0n) is 3.85. The average Bonchev–Trinajstić information content (AvgIpc) is 2.14. The summed E-state index contributed by atoms with van der Waals surface area (Å²) < 4.78 is 0. The van der Waals surface area contributed by atoms with Gasteiger partial charge in [-0.2, -0.15) is 0 Å². The Labute approximate surface area is 41.4 Å². The Hall–Kier alpha value is -0.700. The molecule has 38 valence electrons. The van der Waals surface area contributed by atoms with Crippen LogP contribution in [-0.2, 0) is 4.79 Å². The maximum absolute atomic E-state index is 9.84. The van der Waals surface area contributed by atoms with Crippen molar-refractivity contribution in [1.29, 1.82) is 0 Å². The Bertz CT molecular complexity index is 108. The molecule has 1 N–H and O–H groups in total. The summed E-state index contributed by atoms with van der Waals surface area (Å²) in [5.41, 5.74) is 0.625. The quantitative estimate of drug-likeness (QED) is 0.436. The average molecular weight is 98.1 g/mol. The Morgan fingerprint density at radius 1 is 1.86 bits per heavy atom. The fraction of sp³-hybridized carbons (Fsp3) is 0.500. The molecule has 3 heteroatoms. The van der Waals surface area contributed by atoms with Crippen LogP contribution in [0.3, 0.4) is 0 Å². The third-order valence-corrected chi connectivity index (χ3v) is 0.836. The van der Waals surface area contributed by atoms with Crippen molar-refractivity contribution in [1.82, 2.24) is 5.32 Å². The monoisotopic (exact) mass is 98.0 g/mol. The molecule has 0 aromatic rings. The van der Waals surface area contributed by atoms with Gasteiger partial charge >= 0.3 is 0 Å². The van der Waals surface area contributed by atoms with Gasteiger partial charge in [0.15, 0.2) is 6.29 Å². The predicted octanol–water partition coefficient (Wildman–Crippen LogP) is -0.813. The Kier molecular flexibility index (Phi) is 1.17. The van der Waals surface area contributed by atoms with Crippen LogP contribution in [0.15, 0.2) is 4.99 Å². The minimum absolute atomic E-state index is 0.605. The highest BCUT2D eigenvalue weighted by molar-refractivity contribution is 6.29. The fourth-order valence-corrected chi connectivity index (χ4v) is 0.476. The van der Waals surface area contributed by atoms with Crippen molar-refractivity contribution < 1.29 is 4.79 Å². The number of carbonyl (C=O) groups excluding carboxylic acids is 1. The van der Waals surface area contributed by atoms with Gasteiger partial charge < -0.3 is 0 Å². The molecule has 0 fully saturated rings. The normalized spacial score (nSPS) is 19.1. The molecule has 0 aliphatic carbocycles. The van der Waals surface area contributed by atoms with Crippen molar-refractivity contribution in [3.63, 3.8) is 0 Å². The van der Waals surface area contributed by atoms with Gasteiger partial charge in [-0.15, -0.1) is 0 Å². The maximum atomic E-state index is 9.84. The van der Waals surface area contributed by atoms with E-state index in [9.17, 15) is 4.79 Å². The topological polar surface area (TPSA) is 41.5 Å². The van der Waals surface area contributed by atoms with Crippen molar-refractivity contribution in [3.8, 4) is 0 Å². The summed E-state index contributed by atoms with van der Waals surface area (Å²) in [6, 6.07) is 0. The molecular weight excluding hydrogens is 92.1 g/mol. The van der Waals surface area contributed by atoms with Crippen molar-refractivity contribution >= 4 is 12.0 Å². The second kappa shape index (κ2) is 1.84. The van der Waals surface area contributed by atoms with Crippen LogP contribution in [0.2, 0.25) is 0 Å². The summed E-state index contributed by atoms with van der Waals surface area (Å²) in [5, 5.41) is 2.89. The van der Waals surface area contributed by atoms with E-state index in [1.807, 2.05) is 0 Å². The highest BCUT2D eigenvalue weighted by atomic mass is 16.1. The van der Waals surface area contributed by atoms with E-state index < -0.39 is 0 Å². The number of nitrogens with zero attached hydrogens (tertiary/aromatic N) is 1. The number of nitrogens with one attached hydrogen (secondary N) is 1. The van der Waals surface area contributed by atoms with Crippen molar-refractivity contribution in [3.05, 3.63) is 0 Å². The number of aliphatic imine (C=N–C) groups is 1. The van der Waals surface area contributed by atoms with E-state index in [4.69, 9.17) is 0 Å². The summed E-state index contributed by atoms with van der Waals surface area (Å²) in [7, 11) is 0. The number of carbonyl (C=O) groups is 1. The van der Waals surface area contributed by atoms with Crippen molar-refractivity contribution in [2.24, 2.45) is 4.99 Å². The van der Waals surface area contributed by atoms with E-state index in [0.29, 0.717) is 18.9 Å². The first kappa shape index (κ1) is 4.46. The van der Waals surface area contributed by atoms with Crippen LogP contribution in [0, 0.1) is 0 Å². The predicted molar refractivity (Wildman–Crippen MR) is 26.4 cm³/mol. The third-order valence-electron chi connectivity index (χ3n) is 0.836. The Balaban J connectivity index is 2.51. The lowest BCUT2D eigenvalue weighted by molar-refractivity contribution is -0.102. The lowest BCUT2D eigenvalue weighted by atomic mass is 10.4. The van der Waals surface area contributed by atoms with Crippen LogP contribution in [0.1, 0.15) is 0 Å². The fourth-order valence-electron chi connectivity index (χ4n) is 0.476. The second-order valence-corrected chi connectivity index (χ2v) is 1.35. The van der Waals surface area contributed by atoms with E-state index in [1.165, 1.54) is 0 Å². The van der Waals surface area contributed by atoms with E-state index in [0.717, 1.165) is 6.29 Å². The lowest BCUT2D eigenvalue weighted by Crippen LogP contribution is -2.13. The molecule has 0 amide bonds. The lowest BCUT2D eigenvalue weighted by Gasteiger charge is -1.79. The summed E-state index contributed by atoms with van der Waals surface area (Å²) in [6.07, 6.45) is 0.778. The molecule has 1 aliphatic heterocycles. The van der Waals surface area contributed by atoms with Gasteiger partial charge in [0.2, 0.25) is 0 Å². The molecule has 0 unspecified atom stereocenters. The van der Waals surface area contributed by atoms with Crippen LogP contribution in [0.4, 0.5) is 0 Å². The maximum Gasteiger partial charge on any atom is 0.165 e. The minimum atomic E-state index is 0.605. The molecule has 0 saturated carbocycles. The van der Waals surface area contributed by atoms with Gasteiger partial charge in [-0.3, -0.25) is 15.1 Å². The first-order valence-corrected chi connectivity index (χ1v) is 2.12. The summed E-state index contributed by atoms with van der Waals surface area (Å²) in [5.74, 6) is 0. The second-order valence-electron chi connectivity index (χ2n) is 1.35. The number of rotatable bonds is 1. The Morgan fingerprint density at radius 3 is 3.00 bits per heavy atom. The smallest absolute Gasteiger partial charge is 0.165 e. The van der Waals surface area contributed by atoms with Gasteiger partial charge in [-0.1, -0.05) is 0 Å². The van der Waals surface area contributed by atoms with Crippen molar-refractivity contribution in [2.45, 2.75) is 0 Å². The van der Waals surface area contributed by atoms with Crippen LogP contribution >= 0.6 is 0 Å². The van der Waals surface area contributed by atoms with Gasteiger partial charge in [-0.25, -0.2) is 0 Å². The van der Waals surface area contributed by atoms with E-state index in [-0.39, 0.29) is 0 Å². The molecule has 1 heterocycles. The molecule has 1 aliphatic rings. The molecule has 0 radical (unpaired) electrons. The molecule has 0 bridgehead atoms. The summed E-state index contributed by atoms with van der Waals surface area (Å²) >= 11 is 0. The molecule has 7 heavy (non-hydrogen) atoms. The van der Waals surface area contributed by atoms with Gasteiger partial charge in [0.1, 0.15) is 0 Å². The zero-order valence-corrected chi connectivity index (χ0v) is 3.85. The van der Waals surface area contributed by atoms with Gasteiger partial charge in [0.05, 0.1) is 12.4 Å². The Morgan fingerprint density at radius 2 is 2.71 bits per heavy atom. The van der Waals surface area contributed by atoms with Gasteiger partial charge in [-0.05, 0) is 0 Å². The largest absolute Gasteiger partial charge is 0.296 e. The first-order chi connectivity index (χ1) is 3.43. The van der Waals surface area contributed by atoms with Crippen LogP contribution in [-0.4, -0.2) is 25.2 Å². The van der Waals surface area contributed by atoms with Crippen LogP contribution < -0.4 is 5.32 Å². The van der Waals surface area contributed by atoms with Gasteiger partial charge in [0.25, 0.3) is 0 Å². The number of hydrogen-bond donors (Lipinski definition) is 1. The molecule has 0 aromatic heterocycles. The third kappa shape index (κ3) is 0.838. The van der Waals surface area contributed by atoms with E-state index >= 15 is 0 Å². The molecular formula is C4H6N2O. The minimum Gasteiger partial charge on any atom is -0.296 e. The number of hydrogen-bond acceptors (Lipinski definition) is 3. The first-order valence-electron chi connectivity index (χ1n) is 2.12. The van der Waals surface area contributed by atoms with E-state index in [2.05, 4.69) is 10.3 Å². The summed E-state index contributed by atoms with van der Waals surface area (Å²) in [6.45, 7) is 1.25. The van der Waals surface area contributed by atoms with Crippen LogP contribution in [0.25, 0.3) is 0 Å². The van der Waals surface area contributed by atoms with Gasteiger partial charge in [0, 0.05) is 6.54 Å². The standard InChI is InChI=1S/C4H6N2O/c7-2-4-1-5-3-6-4/h2,5H,1,3H2. The highest BCUT2D eigenvalue weighted by Crippen LogP contribution is 1.79. The van der Waals surface area contributed by atoms with Crippen molar-refractivity contribution in [2.75, 3.05) is 13.2 Å². The molecule has 0 spiro atoms. The van der Waals surface area contributed by atoms with E-state index in [1.54, 1.807) is 0 Å². The SMILES string of the molecule is O=CC1=NCNC1. The molecule has 0 saturated heterocycles. The molecule has 1 rings (SSSR count). The number of aldehydes is 1. The zero-order chi connectivity index (χ0) is 5.11. The molecule has 0 atom stereocenters. The molecule has 3 nitrogen and oxygen atoms in total. The van der Waals surface area contributed by atoms with Crippen LogP contribution in [0.5, 0.6) is 0 Å².